The Labute approximate surface area is 313 Å². The molecule has 0 aliphatic heterocycles. The lowest BCUT2D eigenvalue weighted by Gasteiger charge is -2.28. The van der Waals surface area contributed by atoms with Crippen molar-refractivity contribution in [3.05, 3.63) is 82.9 Å². The van der Waals surface area contributed by atoms with Crippen LogP contribution >= 0.6 is 0 Å². The number of benzene rings is 4. The van der Waals surface area contributed by atoms with E-state index in [1.807, 2.05) is 0 Å². The molecule has 4 aromatic carbocycles. The summed E-state index contributed by atoms with van der Waals surface area (Å²) in [6.45, 7) is -0.0537. The van der Waals surface area contributed by atoms with Gasteiger partial charge in [0.05, 0.1) is 67.0 Å². The average Bonchev–Trinajstić information content (AvgIpc) is 3.18. The fourth-order valence-electron chi connectivity index (χ4n) is 6.12. The van der Waals surface area contributed by atoms with Crippen LogP contribution in [-0.4, -0.2) is 88.2 Å². The van der Waals surface area contributed by atoms with Gasteiger partial charge in [-0.25, -0.2) is 9.59 Å². The Balaban J connectivity index is 1.60. The van der Waals surface area contributed by atoms with Crippen molar-refractivity contribution in [2.24, 2.45) is 11.8 Å². The molecule has 54 heavy (non-hydrogen) atoms. The number of phenolic OH excluding ortho intramolecular Hbond substituents is 4. The third-order valence-electron chi connectivity index (χ3n) is 8.92. The van der Waals surface area contributed by atoms with Crippen LogP contribution in [0.2, 0.25) is 0 Å². The Morgan fingerprint density at radius 2 is 0.926 bits per heavy atom. The number of rotatable bonds is 19. The first-order chi connectivity index (χ1) is 26.0. The van der Waals surface area contributed by atoms with Gasteiger partial charge in [-0.15, -0.1) is 0 Å². The topological polar surface area (TPSA) is 189 Å². The molecule has 4 rings (SSSR count). The summed E-state index contributed by atoms with van der Waals surface area (Å²) in [5, 5.41) is 40.5. The SMILES string of the molecule is COc1cc(C(=O)OCCC[C@H](Cc2ccc(O)c(O)c2)[C@H](COC(=O)c2cc(OC)c(OC)c(OC)c2)Cc2ccc(O)c(O)c2)cc(OC)c1OC. The lowest BCUT2D eigenvalue weighted by molar-refractivity contribution is 0.0361. The molecule has 0 aliphatic carbocycles. The van der Waals surface area contributed by atoms with E-state index in [4.69, 9.17) is 37.9 Å². The minimum Gasteiger partial charge on any atom is -0.504 e. The number of hydrogen-bond donors (Lipinski definition) is 4. The lowest BCUT2D eigenvalue weighted by Crippen LogP contribution is -2.26. The van der Waals surface area contributed by atoms with Crippen LogP contribution in [0.15, 0.2) is 60.7 Å². The molecule has 0 aromatic heterocycles. The van der Waals surface area contributed by atoms with Crippen LogP contribution in [0.4, 0.5) is 0 Å². The van der Waals surface area contributed by atoms with Gasteiger partial charge in [0, 0.05) is 5.92 Å². The standard InChI is InChI=1S/C40H46O14/c1-47-33-18-26(19-34(48-2)37(33)51-5)39(45)53-13-7-8-25(14-23-9-11-29(41)31(43)16-23)28(15-24-10-12-30(42)32(44)17-24)22-54-40(46)27-20-35(49-3)38(52-6)36(21-27)50-4/h9-12,16-21,25,28,41-44H,7-8,13-15,22H2,1-6H3/t25-,28+/m1/s1. The molecule has 14 nitrogen and oxygen atoms in total. The van der Waals surface area contributed by atoms with E-state index in [9.17, 15) is 30.0 Å². The number of carbonyl (C=O) groups is 2. The van der Waals surface area contributed by atoms with Gasteiger partial charge in [0.25, 0.3) is 0 Å². The highest BCUT2D eigenvalue weighted by molar-refractivity contribution is 5.92. The van der Waals surface area contributed by atoms with Gasteiger partial charge in [-0.2, -0.15) is 0 Å². The number of hydrogen-bond acceptors (Lipinski definition) is 14. The van der Waals surface area contributed by atoms with Gasteiger partial charge in [0.1, 0.15) is 0 Å². The van der Waals surface area contributed by atoms with E-state index < -0.39 is 17.9 Å². The Kier molecular flexibility index (Phi) is 14.3. The molecule has 2 atom stereocenters. The molecule has 0 spiro atoms. The molecule has 4 aromatic rings. The van der Waals surface area contributed by atoms with Crippen molar-refractivity contribution in [1.82, 2.24) is 0 Å². The summed E-state index contributed by atoms with van der Waals surface area (Å²) in [6.07, 6.45) is 1.52. The van der Waals surface area contributed by atoms with Crippen molar-refractivity contribution in [1.29, 1.82) is 0 Å². The van der Waals surface area contributed by atoms with Crippen molar-refractivity contribution in [2.45, 2.75) is 25.7 Å². The van der Waals surface area contributed by atoms with Crippen LogP contribution in [0, 0.1) is 11.8 Å². The zero-order valence-corrected chi connectivity index (χ0v) is 31.0. The normalized spacial score (nSPS) is 11.9. The summed E-state index contributed by atoms with van der Waals surface area (Å²) in [5.74, 6) is -1.31. The molecule has 14 heteroatoms. The Morgan fingerprint density at radius 3 is 1.31 bits per heavy atom. The third-order valence-corrected chi connectivity index (χ3v) is 8.92. The van der Waals surface area contributed by atoms with E-state index in [2.05, 4.69) is 0 Å². The third kappa shape index (κ3) is 10.0. The van der Waals surface area contributed by atoms with Crippen LogP contribution in [-0.2, 0) is 22.3 Å². The van der Waals surface area contributed by atoms with Gasteiger partial charge < -0.3 is 58.3 Å². The molecule has 0 saturated carbocycles. The molecule has 0 aliphatic rings. The highest BCUT2D eigenvalue weighted by Crippen LogP contribution is 2.40. The number of phenols is 4. The summed E-state index contributed by atoms with van der Waals surface area (Å²) in [7, 11) is 8.66. The number of carbonyl (C=O) groups excluding carboxylic acids is 2. The molecule has 0 unspecified atom stereocenters. The molecule has 0 bridgehead atoms. The molecule has 0 fully saturated rings. The van der Waals surface area contributed by atoms with Crippen LogP contribution < -0.4 is 28.4 Å². The second-order valence-electron chi connectivity index (χ2n) is 12.3. The van der Waals surface area contributed by atoms with Crippen LogP contribution in [0.25, 0.3) is 0 Å². The molecule has 290 valence electrons. The van der Waals surface area contributed by atoms with Gasteiger partial charge in [0.15, 0.2) is 46.0 Å². The van der Waals surface area contributed by atoms with Gasteiger partial charge in [-0.1, -0.05) is 12.1 Å². The molecular formula is C40H46O14. The smallest absolute Gasteiger partial charge is 0.338 e. The van der Waals surface area contributed by atoms with Crippen LogP contribution in [0.5, 0.6) is 57.5 Å². The average molecular weight is 751 g/mol. The van der Waals surface area contributed by atoms with Gasteiger partial charge in [-0.05, 0) is 91.3 Å². The molecule has 0 radical (unpaired) electrons. The summed E-state index contributed by atoms with van der Waals surface area (Å²) in [6, 6.07) is 14.9. The highest BCUT2D eigenvalue weighted by atomic mass is 16.5. The maximum atomic E-state index is 13.5. The first-order valence-corrected chi connectivity index (χ1v) is 16.9. The minimum absolute atomic E-state index is 0.0325. The van der Waals surface area contributed by atoms with E-state index in [1.54, 1.807) is 12.1 Å². The zero-order chi connectivity index (χ0) is 39.4. The predicted octanol–water partition coefficient (Wildman–Crippen LogP) is 6.07. The molecular weight excluding hydrogens is 704 g/mol. The van der Waals surface area contributed by atoms with Gasteiger partial charge in [-0.3, -0.25) is 0 Å². The predicted molar refractivity (Wildman–Crippen MR) is 196 cm³/mol. The van der Waals surface area contributed by atoms with Crippen LogP contribution in [0.1, 0.15) is 44.7 Å². The molecule has 0 amide bonds. The number of esters is 2. The Bertz CT molecular complexity index is 1860. The first-order valence-electron chi connectivity index (χ1n) is 16.9. The summed E-state index contributed by atoms with van der Waals surface area (Å²) < 4.78 is 43.8. The maximum Gasteiger partial charge on any atom is 0.338 e. The largest absolute Gasteiger partial charge is 0.504 e. The minimum atomic E-state index is -0.659. The Hall–Kier alpha value is -6.18. The van der Waals surface area contributed by atoms with Gasteiger partial charge >= 0.3 is 11.9 Å². The second kappa shape index (κ2) is 19.1. The zero-order valence-electron chi connectivity index (χ0n) is 31.0. The molecule has 0 heterocycles. The maximum absolute atomic E-state index is 13.5. The monoisotopic (exact) mass is 750 g/mol. The number of ether oxygens (including phenoxy) is 8. The fourth-order valence-corrected chi connectivity index (χ4v) is 6.12. The summed E-state index contributed by atoms with van der Waals surface area (Å²) in [4.78, 5) is 26.6. The fraction of sp³-hybridized carbons (Fsp3) is 0.350. The van der Waals surface area contributed by atoms with E-state index >= 15 is 0 Å². The van der Waals surface area contributed by atoms with Crippen molar-refractivity contribution >= 4 is 11.9 Å². The number of methoxy groups -OCH3 is 6. The quantitative estimate of drug-likeness (QED) is 0.0491. The Morgan fingerprint density at radius 1 is 0.519 bits per heavy atom. The summed E-state index contributed by atoms with van der Waals surface area (Å²) >= 11 is 0. The first kappa shape index (κ1) is 40.6. The number of aromatic hydroxyl groups is 4. The molecule has 0 saturated heterocycles. The summed E-state index contributed by atoms with van der Waals surface area (Å²) in [5.41, 5.74) is 1.71. The second-order valence-corrected chi connectivity index (χ2v) is 12.3. The van der Waals surface area contributed by atoms with Crippen LogP contribution in [0.3, 0.4) is 0 Å². The van der Waals surface area contributed by atoms with E-state index in [1.165, 1.54) is 91.2 Å². The lowest BCUT2D eigenvalue weighted by atomic mass is 9.80. The highest BCUT2D eigenvalue weighted by Gasteiger charge is 2.27. The van der Waals surface area contributed by atoms with Crippen molar-refractivity contribution in [3.8, 4) is 57.5 Å². The van der Waals surface area contributed by atoms with E-state index in [0.29, 0.717) is 59.8 Å². The van der Waals surface area contributed by atoms with Crippen molar-refractivity contribution in [2.75, 3.05) is 55.9 Å². The van der Waals surface area contributed by atoms with Crippen molar-refractivity contribution in [3.63, 3.8) is 0 Å². The van der Waals surface area contributed by atoms with E-state index in [-0.39, 0.29) is 64.8 Å². The van der Waals surface area contributed by atoms with Crippen molar-refractivity contribution < 1.29 is 67.9 Å². The van der Waals surface area contributed by atoms with Gasteiger partial charge in [0.2, 0.25) is 11.5 Å². The van der Waals surface area contributed by atoms with E-state index in [0.717, 1.165) is 0 Å². The molecule has 4 N–H and O–H groups in total.